The zero-order chi connectivity index (χ0) is 20.7. The first-order valence-corrected chi connectivity index (χ1v) is 10.2. The minimum Gasteiger partial charge on any atom is -0.480 e. The Bertz CT molecular complexity index is 1260. The molecular weight excluding hydrogens is 376 g/mol. The van der Waals surface area contributed by atoms with Crippen LogP contribution in [-0.4, -0.2) is 39.5 Å². The second-order valence-corrected chi connectivity index (χ2v) is 7.96. The molecule has 2 N–H and O–H groups in total. The number of carbonyl (C=O) groups is 2. The van der Waals surface area contributed by atoms with Crippen LogP contribution in [-0.2, 0) is 11.2 Å². The number of aromatic nitrogens is 1. The number of aromatic amines is 1. The fourth-order valence-electron chi connectivity index (χ4n) is 4.70. The van der Waals surface area contributed by atoms with Gasteiger partial charge < -0.3 is 15.0 Å². The summed E-state index contributed by atoms with van der Waals surface area (Å²) in [6.45, 7) is 0.454. The van der Waals surface area contributed by atoms with Crippen LogP contribution in [0.4, 0.5) is 0 Å². The van der Waals surface area contributed by atoms with Crippen LogP contribution in [0.15, 0.2) is 72.9 Å². The molecule has 2 heterocycles. The molecule has 0 spiro atoms. The number of benzene rings is 3. The van der Waals surface area contributed by atoms with Crippen LogP contribution in [0.25, 0.3) is 21.7 Å². The van der Waals surface area contributed by atoms with Crippen LogP contribution in [0, 0.1) is 5.92 Å². The van der Waals surface area contributed by atoms with E-state index in [4.69, 9.17) is 0 Å². The molecule has 5 rings (SSSR count). The summed E-state index contributed by atoms with van der Waals surface area (Å²) < 4.78 is 0. The van der Waals surface area contributed by atoms with Gasteiger partial charge in [-0.1, -0.05) is 48.5 Å². The number of carboxylic acids is 1. The fraction of sp³-hybridized carbons (Fsp3) is 0.200. The maximum absolute atomic E-state index is 13.2. The van der Waals surface area contributed by atoms with Crippen LogP contribution >= 0.6 is 0 Å². The Labute approximate surface area is 173 Å². The Morgan fingerprint density at radius 3 is 2.60 bits per heavy atom. The second-order valence-electron chi connectivity index (χ2n) is 7.96. The molecule has 0 unspecified atom stereocenters. The van der Waals surface area contributed by atoms with E-state index in [1.54, 1.807) is 6.07 Å². The van der Waals surface area contributed by atoms with E-state index in [-0.39, 0.29) is 11.8 Å². The summed E-state index contributed by atoms with van der Waals surface area (Å²) in [7, 11) is 0. The number of aliphatic carboxylic acids is 1. The fourth-order valence-corrected chi connectivity index (χ4v) is 4.70. The summed E-state index contributed by atoms with van der Waals surface area (Å²) in [6, 6.07) is 20.6. The predicted octanol–water partition coefficient (Wildman–Crippen LogP) is 4.48. The van der Waals surface area contributed by atoms with Crippen molar-refractivity contribution in [2.24, 2.45) is 5.92 Å². The number of likely N-dealkylation sites (tertiary alicyclic amines) is 1. The molecule has 4 aromatic rings. The topological polar surface area (TPSA) is 73.4 Å². The predicted molar refractivity (Wildman–Crippen MR) is 117 cm³/mol. The van der Waals surface area contributed by atoms with Gasteiger partial charge in [0.2, 0.25) is 0 Å². The van der Waals surface area contributed by atoms with Gasteiger partial charge in [0.15, 0.2) is 0 Å². The van der Waals surface area contributed by atoms with E-state index in [1.165, 1.54) is 4.90 Å². The molecule has 0 saturated carbocycles. The zero-order valence-electron chi connectivity index (χ0n) is 16.4. The Hall–Kier alpha value is -3.60. The lowest BCUT2D eigenvalue weighted by atomic mass is 9.92. The molecule has 150 valence electrons. The number of amides is 1. The number of carbonyl (C=O) groups excluding carboxylic acids is 1. The average Bonchev–Trinajstić information content (AvgIpc) is 3.38. The maximum Gasteiger partial charge on any atom is 0.326 e. The van der Waals surface area contributed by atoms with Crippen molar-refractivity contribution in [2.75, 3.05) is 6.54 Å². The number of H-pyrrole nitrogens is 1. The summed E-state index contributed by atoms with van der Waals surface area (Å²) >= 11 is 0. The summed E-state index contributed by atoms with van der Waals surface area (Å²) in [4.78, 5) is 30.2. The lowest BCUT2D eigenvalue weighted by Crippen LogP contribution is -2.43. The van der Waals surface area contributed by atoms with E-state index in [0.29, 0.717) is 24.9 Å². The van der Waals surface area contributed by atoms with Gasteiger partial charge in [-0.3, -0.25) is 4.79 Å². The van der Waals surface area contributed by atoms with Gasteiger partial charge in [-0.15, -0.1) is 0 Å². The second kappa shape index (κ2) is 7.34. The summed E-state index contributed by atoms with van der Waals surface area (Å²) in [6.07, 6.45) is 3.26. The molecule has 1 aliphatic rings. The van der Waals surface area contributed by atoms with Gasteiger partial charge in [0, 0.05) is 29.2 Å². The smallest absolute Gasteiger partial charge is 0.326 e. The molecule has 30 heavy (non-hydrogen) atoms. The monoisotopic (exact) mass is 398 g/mol. The molecule has 1 aliphatic heterocycles. The highest BCUT2D eigenvalue weighted by Gasteiger charge is 2.42. The minimum atomic E-state index is -0.938. The molecular formula is C25H22N2O3. The number of hydrogen-bond donors (Lipinski definition) is 2. The first-order chi connectivity index (χ1) is 14.6. The average molecular weight is 398 g/mol. The van der Waals surface area contributed by atoms with E-state index in [1.807, 2.05) is 66.9 Å². The number of nitrogens with zero attached hydrogens (tertiary/aromatic N) is 1. The number of para-hydroxylation sites is 1. The third kappa shape index (κ3) is 3.12. The van der Waals surface area contributed by atoms with Crippen LogP contribution in [0.2, 0.25) is 0 Å². The van der Waals surface area contributed by atoms with Crippen LogP contribution in [0.3, 0.4) is 0 Å². The number of hydrogen-bond acceptors (Lipinski definition) is 2. The minimum absolute atomic E-state index is 0.119. The number of rotatable bonds is 4. The molecule has 0 bridgehead atoms. The molecule has 5 nitrogen and oxygen atoms in total. The van der Waals surface area contributed by atoms with Gasteiger partial charge in [0.25, 0.3) is 5.91 Å². The van der Waals surface area contributed by atoms with Crippen molar-refractivity contribution in [2.45, 2.75) is 18.9 Å². The molecule has 0 aliphatic carbocycles. The highest BCUT2D eigenvalue weighted by molar-refractivity contribution is 6.00. The van der Waals surface area contributed by atoms with Gasteiger partial charge >= 0.3 is 5.97 Å². The van der Waals surface area contributed by atoms with E-state index in [9.17, 15) is 14.7 Å². The quantitative estimate of drug-likeness (QED) is 0.532. The Kier molecular flexibility index (Phi) is 4.51. The molecule has 2 atom stereocenters. The number of fused-ring (bicyclic) bond motifs is 2. The maximum atomic E-state index is 13.2. The molecule has 1 aromatic heterocycles. The third-order valence-electron chi connectivity index (χ3n) is 6.19. The van der Waals surface area contributed by atoms with Crippen molar-refractivity contribution in [3.8, 4) is 0 Å². The highest BCUT2D eigenvalue weighted by atomic mass is 16.4. The van der Waals surface area contributed by atoms with E-state index in [0.717, 1.165) is 27.2 Å². The summed E-state index contributed by atoms with van der Waals surface area (Å²) in [5.41, 5.74) is 2.68. The van der Waals surface area contributed by atoms with Gasteiger partial charge in [-0.25, -0.2) is 4.79 Å². The van der Waals surface area contributed by atoms with Crippen molar-refractivity contribution in [1.29, 1.82) is 0 Å². The van der Waals surface area contributed by atoms with E-state index < -0.39 is 12.0 Å². The van der Waals surface area contributed by atoms with Crippen LogP contribution < -0.4 is 0 Å². The lowest BCUT2D eigenvalue weighted by molar-refractivity contribution is -0.142. The van der Waals surface area contributed by atoms with Crippen molar-refractivity contribution >= 4 is 33.6 Å². The van der Waals surface area contributed by atoms with Gasteiger partial charge in [0.05, 0.1) is 0 Å². The van der Waals surface area contributed by atoms with Crippen molar-refractivity contribution < 1.29 is 14.7 Å². The van der Waals surface area contributed by atoms with Crippen LogP contribution in [0.5, 0.6) is 0 Å². The molecule has 3 aromatic carbocycles. The van der Waals surface area contributed by atoms with Gasteiger partial charge in [-0.2, -0.15) is 0 Å². The van der Waals surface area contributed by atoms with Gasteiger partial charge in [0.1, 0.15) is 6.04 Å². The Morgan fingerprint density at radius 2 is 1.77 bits per heavy atom. The van der Waals surface area contributed by atoms with E-state index >= 15 is 0 Å². The van der Waals surface area contributed by atoms with Crippen LogP contribution in [0.1, 0.15) is 22.3 Å². The Morgan fingerprint density at radius 1 is 1.00 bits per heavy atom. The SMILES string of the molecule is O=C(O)[C@@H]1[C@H](Cc2c[nH]c3ccccc23)CCN1C(=O)c1ccc2ccccc2c1. The zero-order valence-corrected chi connectivity index (χ0v) is 16.4. The lowest BCUT2D eigenvalue weighted by Gasteiger charge is -2.25. The number of nitrogens with one attached hydrogen (secondary N) is 1. The standard InChI is InChI=1S/C25H22N2O3/c28-24(19-10-9-16-5-1-2-6-17(16)13-19)27-12-11-18(23(27)25(29)30)14-20-15-26-22-8-4-3-7-21(20)22/h1-10,13,15,18,23,26H,11-12,14H2,(H,29,30)/t18-,23-/m0/s1. The first-order valence-electron chi connectivity index (χ1n) is 10.2. The molecule has 1 saturated heterocycles. The molecule has 0 radical (unpaired) electrons. The Balaban J connectivity index is 1.42. The van der Waals surface area contributed by atoms with Crippen molar-refractivity contribution in [1.82, 2.24) is 9.88 Å². The molecule has 5 heteroatoms. The van der Waals surface area contributed by atoms with Crippen molar-refractivity contribution in [3.05, 3.63) is 84.1 Å². The normalized spacial score (nSPS) is 18.9. The summed E-state index contributed by atoms with van der Waals surface area (Å²) in [5, 5.41) is 13.1. The van der Waals surface area contributed by atoms with Gasteiger partial charge in [-0.05, 0) is 53.3 Å². The van der Waals surface area contributed by atoms with Crippen molar-refractivity contribution in [3.63, 3.8) is 0 Å². The molecule has 1 amide bonds. The number of carboxylic acid groups (broad SMARTS) is 1. The summed E-state index contributed by atoms with van der Waals surface area (Å²) in [5.74, 6) is -1.27. The third-order valence-corrected chi connectivity index (χ3v) is 6.19. The largest absolute Gasteiger partial charge is 0.480 e. The molecule has 1 fully saturated rings. The van der Waals surface area contributed by atoms with E-state index in [2.05, 4.69) is 4.98 Å². The highest BCUT2D eigenvalue weighted by Crippen LogP contribution is 2.32. The first kappa shape index (κ1) is 18.4.